The lowest BCUT2D eigenvalue weighted by molar-refractivity contribution is -0.153. The zero-order chi connectivity index (χ0) is 31.7. The smallest absolute Gasteiger partial charge is 0.255 e. The molecule has 43 heavy (non-hydrogen) atoms. The zero-order valence-corrected chi connectivity index (χ0v) is 24.5. The van der Waals surface area contributed by atoms with Gasteiger partial charge in [-0.1, -0.05) is 11.6 Å². The number of phenolic OH excluding ortho intramolecular Hbond substituents is 1. The molecule has 1 heterocycles. The average Bonchev–Trinajstić information content (AvgIpc) is 3.41. The first kappa shape index (κ1) is 30.1. The van der Waals surface area contributed by atoms with Crippen molar-refractivity contribution in [2.24, 2.45) is 17.6 Å². The minimum Gasteiger partial charge on any atom is -0.508 e. The van der Waals surface area contributed by atoms with Crippen molar-refractivity contribution < 1.29 is 39.6 Å². The number of carbonyl (C=O) groups is 4. The van der Waals surface area contributed by atoms with Crippen LogP contribution in [0.1, 0.15) is 17.5 Å². The van der Waals surface area contributed by atoms with E-state index < -0.39 is 69.7 Å². The van der Waals surface area contributed by atoms with Crippen molar-refractivity contribution in [1.29, 1.82) is 0 Å². The molecule has 2 aromatic rings. The lowest BCUT2D eigenvalue weighted by Crippen LogP contribution is -2.65. The van der Waals surface area contributed by atoms with Gasteiger partial charge in [-0.25, -0.2) is 0 Å². The molecular formula is C28H31ClN6O8. The summed E-state index contributed by atoms with van der Waals surface area (Å²) in [5.41, 5.74) is 1.69. The number of nitrogens with zero attached hydrogens (tertiary/aromatic N) is 4. The number of ketones is 2. The van der Waals surface area contributed by atoms with Gasteiger partial charge in [-0.3, -0.25) is 28.8 Å². The van der Waals surface area contributed by atoms with Gasteiger partial charge in [-0.2, -0.15) is 5.10 Å². The monoisotopic (exact) mass is 614 g/mol. The van der Waals surface area contributed by atoms with Crippen molar-refractivity contribution >= 4 is 52.1 Å². The maximum absolute atomic E-state index is 14.1. The van der Waals surface area contributed by atoms with Crippen LogP contribution in [0.25, 0.3) is 5.76 Å². The summed E-state index contributed by atoms with van der Waals surface area (Å²) >= 11 is 6.73. The fourth-order valence-corrected chi connectivity index (χ4v) is 7.05. The number of benzene rings is 1. The molecular weight excluding hydrogens is 584 g/mol. The van der Waals surface area contributed by atoms with Crippen LogP contribution in [0.4, 0.5) is 11.4 Å². The van der Waals surface area contributed by atoms with Crippen LogP contribution in [0.2, 0.25) is 5.02 Å². The number of amides is 2. The Morgan fingerprint density at radius 2 is 1.88 bits per heavy atom. The van der Waals surface area contributed by atoms with Crippen molar-refractivity contribution in [3.63, 3.8) is 0 Å². The molecule has 0 radical (unpaired) electrons. The number of primary amides is 1. The second kappa shape index (κ2) is 10.4. The Hall–Kier alpha value is -4.40. The normalized spacial score (nSPS) is 25.0. The Morgan fingerprint density at radius 3 is 2.44 bits per heavy atom. The summed E-state index contributed by atoms with van der Waals surface area (Å²) in [6, 6.07) is 0.429. The molecule has 14 nitrogen and oxygen atoms in total. The maximum Gasteiger partial charge on any atom is 0.255 e. The predicted molar refractivity (Wildman–Crippen MR) is 154 cm³/mol. The Labute approximate surface area is 250 Å². The fraction of sp³-hybridized carbons (Fsp3) is 0.393. The number of phenols is 1. The first-order valence-electron chi connectivity index (χ1n) is 13.3. The topological polar surface area (TPSA) is 212 Å². The van der Waals surface area contributed by atoms with Gasteiger partial charge in [0.25, 0.3) is 5.91 Å². The summed E-state index contributed by atoms with van der Waals surface area (Å²) in [5, 5.41) is 52.3. The van der Waals surface area contributed by atoms with Gasteiger partial charge in [-0.05, 0) is 44.5 Å². The maximum atomic E-state index is 14.1. The van der Waals surface area contributed by atoms with Gasteiger partial charge in [0, 0.05) is 38.0 Å². The van der Waals surface area contributed by atoms with E-state index in [4.69, 9.17) is 17.3 Å². The van der Waals surface area contributed by atoms with Gasteiger partial charge < -0.3 is 36.4 Å². The van der Waals surface area contributed by atoms with Crippen molar-refractivity contribution in [3.05, 3.63) is 51.5 Å². The highest BCUT2D eigenvalue weighted by molar-refractivity contribution is 6.37. The van der Waals surface area contributed by atoms with Gasteiger partial charge in [0.05, 0.1) is 22.3 Å². The van der Waals surface area contributed by atoms with Crippen LogP contribution in [0, 0.1) is 11.8 Å². The number of likely N-dealkylation sites (N-methyl/N-ethyl adjacent to an activating group) is 1. The summed E-state index contributed by atoms with van der Waals surface area (Å²) < 4.78 is 1.35. The summed E-state index contributed by atoms with van der Waals surface area (Å²) in [4.78, 5) is 55.4. The van der Waals surface area contributed by atoms with E-state index in [1.807, 2.05) is 0 Å². The van der Waals surface area contributed by atoms with Crippen LogP contribution < -0.4 is 16.0 Å². The van der Waals surface area contributed by atoms with E-state index in [-0.39, 0.29) is 41.2 Å². The molecule has 2 unspecified atom stereocenters. The number of aromatic nitrogens is 2. The van der Waals surface area contributed by atoms with Gasteiger partial charge >= 0.3 is 0 Å². The number of carbonyl (C=O) groups excluding carboxylic acids is 4. The highest BCUT2D eigenvalue weighted by atomic mass is 35.5. The Kier molecular flexibility index (Phi) is 7.27. The molecule has 0 aliphatic heterocycles. The Balaban J connectivity index is 1.70. The highest BCUT2D eigenvalue weighted by Crippen LogP contribution is 2.56. The van der Waals surface area contributed by atoms with Gasteiger partial charge in [0.2, 0.25) is 11.7 Å². The second-order valence-corrected chi connectivity index (χ2v) is 11.7. The first-order chi connectivity index (χ1) is 20.1. The van der Waals surface area contributed by atoms with Gasteiger partial charge in [0.15, 0.2) is 17.1 Å². The number of aliphatic hydroxyl groups is 3. The number of aromatic hydroxyl groups is 1. The number of hydrogen-bond donors (Lipinski definition) is 6. The molecule has 0 saturated heterocycles. The number of nitrogens with one attached hydrogen (secondary N) is 1. The zero-order valence-electron chi connectivity index (χ0n) is 23.8. The number of Topliss-reactive ketones (excluding diaryl/α,β-unsaturated/α-hetero) is 2. The summed E-state index contributed by atoms with van der Waals surface area (Å²) in [7, 11) is 6.39. The van der Waals surface area contributed by atoms with Crippen LogP contribution in [-0.4, -0.2) is 98.3 Å². The third-order valence-electron chi connectivity index (χ3n) is 8.38. The van der Waals surface area contributed by atoms with Crippen LogP contribution in [0.15, 0.2) is 35.4 Å². The van der Waals surface area contributed by atoms with Crippen molar-refractivity contribution in [1.82, 2.24) is 14.7 Å². The third kappa shape index (κ3) is 4.36. The largest absolute Gasteiger partial charge is 0.508 e. The third-order valence-corrected chi connectivity index (χ3v) is 8.75. The van der Waals surface area contributed by atoms with E-state index in [1.165, 1.54) is 29.9 Å². The van der Waals surface area contributed by atoms with Crippen LogP contribution in [-0.2, 0) is 32.1 Å². The molecule has 1 aromatic carbocycles. The number of rotatable bonds is 6. The summed E-state index contributed by atoms with van der Waals surface area (Å²) in [6.45, 7) is -0.210. The Bertz CT molecular complexity index is 1650. The minimum absolute atomic E-state index is 0.0179. The molecule has 0 spiro atoms. The van der Waals surface area contributed by atoms with Crippen LogP contribution in [0.5, 0.6) is 5.75 Å². The number of anilines is 2. The summed E-state index contributed by atoms with van der Waals surface area (Å²) in [6.07, 6.45) is 3.02. The summed E-state index contributed by atoms with van der Waals surface area (Å²) in [5.74, 6) is -8.37. The van der Waals surface area contributed by atoms with E-state index in [0.29, 0.717) is 11.3 Å². The molecule has 5 rings (SSSR count). The van der Waals surface area contributed by atoms with Crippen molar-refractivity contribution in [2.45, 2.75) is 31.0 Å². The van der Waals surface area contributed by atoms with Crippen molar-refractivity contribution in [3.8, 4) is 5.75 Å². The highest BCUT2D eigenvalue weighted by Gasteiger charge is 2.64. The molecule has 3 aliphatic rings. The number of nitrogens with two attached hydrogens (primary N) is 1. The average molecular weight is 615 g/mol. The minimum atomic E-state index is -2.77. The molecule has 4 atom stereocenters. The first-order valence-corrected chi connectivity index (χ1v) is 13.7. The van der Waals surface area contributed by atoms with E-state index in [0.717, 1.165) is 0 Å². The van der Waals surface area contributed by atoms with Crippen LogP contribution in [0.3, 0.4) is 0 Å². The van der Waals surface area contributed by atoms with Crippen molar-refractivity contribution in [2.75, 3.05) is 38.4 Å². The molecule has 1 fully saturated rings. The van der Waals surface area contributed by atoms with Crippen LogP contribution >= 0.6 is 11.6 Å². The molecule has 15 heteroatoms. The number of fused-ring (bicyclic) bond motifs is 3. The van der Waals surface area contributed by atoms with E-state index >= 15 is 0 Å². The predicted octanol–water partition coefficient (Wildman–Crippen LogP) is 0.519. The lowest BCUT2D eigenvalue weighted by atomic mass is 9.57. The molecule has 228 valence electrons. The van der Waals surface area contributed by atoms with E-state index in [1.54, 1.807) is 31.3 Å². The molecule has 2 amide bonds. The Morgan fingerprint density at radius 1 is 1.21 bits per heavy atom. The molecule has 7 N–H and O–H groups in total. The number of halogens is 1. The number of aliphatic hydroxyl groups excluding tert-OH is 2. The SMILES string of the molecule is CN(C)c1c(Cl)c(NC(=O)Cn2cccn2)c(O)c2c1CC1CC3[C@H](N(C)C)C(=O)C(C(N)=O)=C(O)[C@@]3(O)C(=O)C1=C2O. The fourth-order valence-electron chi connectivity index (χ4n) is 6.63. The molecule has 3 aliphatic carbocycles. The number of hydrogen-bond acceptors (Lipinski definition) is 11. The van der Waals surface area contributed by atoms with E-state index in [2.05, 4.69) is 10.4 Å². The van der Waals surface area contributed by atoms with Gasteiger partial charge in [-0.15, -0.1) is 0 Å². The molecule has 1 saturated carbocycles. The molecule has 0 bridgehead atoms. The quantitative estimate of drug-likeness (QED) is 0.195. The standard InChI is InChI=1S/C28H31ClN6O8/c1-33(2)20-12-8-11-9-13-21(34(3)4)24(39)17(27(30)42)26(41)28(13,43)25(40)15(11)22(37)16(12)23(38)19(18(20)29)32-14(36)10-35-7-5-6-31-35/h5-7,11,13,21,37-38,41,43H,8-10H2,1-4H3,(H2,30,42)(H,32,36)/t11?,13?,21-,28-/m0/s1. The van der Waals surface area contributed by atoms with E-state index in [9.17, 15) is 39.6 Å². The second-order valence-electron chi connectivity index (χ2n) is 11.3. The molecule has 1 aromatic heterocycles. The lowest BCUT2D eigenvalue weighted by Gasteiger charge is -2.50. The van der Waals surface area contributed by atoms with Gasteiger partial charge in [0.1, 0.15) is 29.3 Å².